The Bertz CT molecular complexity index is 1220. The zero-order chi connectivity index (χ0) is 23.8. The Balaban J connectivity index is 1.38. The zero-order valence-electron chi connectivity index (χ0n) is 19.3. The molecule has 0 bridgehead atoms. The van der Waals surface area contributed by atoms with Crippen molar-refractivity contribution in [3.63, 3.8) is 0 Å². The molecule has 5 rings (SSSR count). The van der Waals surface area contributed by atoms with E-state index in [0.29, 0.717) is 22.1 Å². The maximum atomic E-state index is 13.2. The summed E-state index contributed by atoms with van der Waals surface area (Å²) in [5, 5.41) is 18.1. The molecule has 1 amide bonds. The predicted octanol–water partition coefficient (Wildman–Crippen LogP) is 4.64. The average molecular weight is 480 g/mol. The smallest absolute Gasteiger partial charge is 0.276 e. The third-order valence-electron chi connectivity index (χ3n) is 7.07. The van der Waals surface area contributed by atoms with Gasteiger partial charge in [-0.25, -0.2) is 0 Å². The van der Waals surface area contributed by atoms with Crippen LogP contribution in [-0.2, 0) is 6.54 Å². The van der Waals surface area contributed by atoms with Gasteiger partial charge in [0.25, 0.3) is 5.91 Å². The molecule has 2 aliphatic rings. The summed E-state index contributed by atoms with van der Waals surface area (Å²) in [7, 11) is 0. The molecule has 2 aromatic carbocycles. The van der Waals surface area contributed by atoms with Crippen LogP contribution in [0.3, 0.4) is 0 Å². The van der Waals surface area contributed by atoms with Crippen LogP contribution in [0.5, 0.6) is 0 Å². The fraction of sp³-hybridized carbons (Fsp3) is 0.385. The van der Waals surface area contributed by atoms with Crippen LogP contribution in [0.2, 0.25) is 5.02 Å². The first kappa shape index (κ1) is 22.9. The monoisotopic (exact) mass is 479 g/mol. The number of nitrogens with two attached hydrogens (primary N) is 1. The summed E-state index contributed by atoms with van der Waals surface area (Å²) in [4.78, 5) is 15.6. The van der Waals surface area contributed by atoms with Crippen LogP contribution < -0.4 is 11.1 Å². The quantitative estimate of drug-likeness (QED) is 0.474. The lowest BCUT2D eigenvalue weighted by Crippen LogP contribution is -2.40. The van der Waals surface area contributed by atoms with Gasteiger partial charge in [-0.1, -0.05) is 35.9 Å². The first-order valence-electron chi connectivity index (χ1n) is 11.9. The van der Waals surface area contributed by atoms with Crippen molar-refractivity contribution in [3.8, 4) is 11.1 Å². The third-order valence-corrected chi connectivity index (χ3v) is 7.50. The molecule has 178 valence electrons. The number of aromatic nitrogens is 2. The summed E-state index contributed by atoms with van der Waals surface area (Å²) in [6, 6.07) is 13.5. The van der Waals surface area contributed by atoms with E-state index in [1.807, 2.05) is 48.0 Å². The number of fused-ring (bicyclic) bond motifs is 1. The van der Waals surface area contributed by atoms with Crippen molar-refractivity contribution in [1.82, 2.24) is 14.7 Å². The van der Waals surface area contributed by atoms with Gasteiger partial charge in [-0.05, 0) is 61.9 Å². The van der Waals surface area contributed by atoms with Crippen LogP contribution in [0.1, 0.15) is 53.5 Å². The molecule has 7 nitrogen and oxygen atoms in total. The molecule has 1 atom stereocenters. The van der Waals surface area contributed by atoms with Gasteiger partial charge < -0.3 is 16.2 Å². The minimum atomic E-state index is -0.228. The fourth-order valence-corrected chi connectivity index (χ4v) is 5.37. The summed E-state index contributed by atoms with van der Waals surface area (Å²) in [6.07, 6.45) is 3.47. The molecule has 0 saturated carbocycles. The Kier molecular flexibility index (Phi) is 6.34. The topological polar surface area (TPSA) is 96.4 Å². The number of nitrogens with one attached hydrogen (secondary N) is 1. The van der Waals surface area contributed by atoms with E-state index in [4.69, 9.17) is 17.3 Å². The summed E-state index contributed by atoms with van der Waals surface area (Å²) in [6.45, 7) is 4.52. The van der Waals surface area contributed by atoms with Crippen LogP contribution in [0.15, 0.2) is 42.5 Å². The number of halogens is 1. The summed E-state index contributed by atoms with van der Waals surface area (Å²) in [5.74, 6) is -0.228. The molecule has 3 aromatic rings. The maximum absolute atomic E-state index is 13.2. The lowest BCUT2D eigenvalue weighted by atomic mass is 9.98. The third kappa shape index (κ3) is 4.31. The number of anilines is 2. The molecule has 8 heteroatoms. The highest BCUT2D eigenvalue weighted by atomic mass is 35.5. The van der Waals surface area contributed by atoms with Crippen LogP contribution in [0.4, 0.5) is 11.4 Å². The van der Waals surface area contributed by atoms with E-state index >= 15 is 0 Å². The van der Waals surface area contributed by atoms with Crippen LogP contribution in [0.25, 0.3) is 11.1 Å². The second-order valence-corrected chi connectivity index (χ2v) is 9.62. The van der Waals surface area contributed by atoms with Crippen molar-refractivity contribution in [2.75, 3.05) is 24.1 Å². The van der Waals surface area contributed by atoms with Gasteiger partial charge in [0.2, 0.25) is 0 Å². The zero-order valence-corrected chi connectivity index (χ0v) is 20.1. The van der Waals surface area contributed by atoms with E-state index in [1.54, 1.807) is 6.07 Å². The average Bonchev–Trinajstić information content (AvgIpc) is 3.28. The molecule has 2 aliphatic heterocycles. The van der Waals surface area contributed by atoms with Gasteiger partial charge in [0, 0.05) is 30.9 Å². The number of hydrogen-bond donors (Lipinski definition) is 3. The van der Waals surface area contributed by atoms with Crippen molar-refractivity contribution in [3.05, 3.63) is 64.4 Å². The molecule has 0 spiro atoms. The van der Waals surface area contributed by atoms with Crippen molar-refractivity contribution in [1.29, 1.82) is 0 Å². The number of likely N-dealkylation sites (tertiary alicyclic amines) is 1. The minimum Gasteiger partial charge on any atom is -0.398 e. The molecule has 1 saturated heterocycles. The molecule has 1 unspecified atom stereocenters. The number of piperidine rings is 1. The lowest BCUT2D eigenvalue weighted by molar-refractivity contribution is 0.0512. The van der Waals surface area contributed by atoms with Gasteiger partial charge in [0.05, 0.1) is 28.5 Å². The van der Waals surface area contributed by atoms with Gasteiger partial charge in [-0.2, -0.15) is 5.10 Å². The van der Waals surface area contributed by atoms with Gasteiger partial charge in [0.1, 0.15) is 0 Å². The van der Waals surface area contributed by atoms with Crippen LogP contribution in [-0.4, -0.2) is 44.9 Å². The highest BCUT2D eigenvalue weighted by Crippen LogP contribution is 2.37. The Hall–Kier alpha value is -2.87. The maximum Gasteiger partial charge on any atom is 0.276 e. The molecule has 3 heterocycles. The number of amides is 1. The SMILES string of the molecule is Cc1c(NC(=O)c2cc3n(n2)CCCC3N2CCC(O)CC2)cccc1-c1cccc(N)c1Cl. The van der Waals surface area contributed by atoms with Crippen molar-refractivity contribution >= 4 is 28.9 Å². The number of nitrogen functional groups attached to an aromatic ring is 1. The molecule has 1 fully saturated rings. The fourth-order valence-electron chi connectivity index (χ4n) is 5.15. The highest BCUT2D eigenvalue weighted by molar-refractivity contribution is 6.35. The van der Waals surface area contributed by atoms with Gasteiger partial charge in [-0.15, -0.1) is 0 Å². The number of nitrogens with zero attached hydrogens (tertiary/aromatic N) is 3. The Morgan fingerprint density at radius 2 is 1.85 bits per heavy atom. The van der Waals surface area contributed by atoms with Gasteiger partial charge >= 0.3 is 0 Å². The molecule has 34 heavy (non-hydrogen) atoms. The summed E-state index contributed by atoms with van der Waals surface area (Å²) in [5.41, 5.74) is 11.4. The first-order valence-corrected chi connectivity index (χ1v) is 12.3. The lowest BCUT2D eigenvalue weighted by Gasteiger charge is -2.38. The van der Waals surface area contributed by atoms with Crippen molar-refractivity contribution < 1.29 is 9.90 Å². The Morgan fingerprint density at radius 1 is 1.12 bits per heavy atom. The number of aryl methyl sites for hydroxylation is 1. The summed E-state index contributed by atoms with van der Waals surface area (Å²) < 4.78 is 1.98. The Labute approximate surface area is 204 Å². The molecule has 1 aromatic heterocycles. The molecule has 4 N–H and O–H groups in total. The molecule has 0 aliphatic carbocycles. The largest absolute Gasteiger partial charge is 0.398 e. The van der Waals surface area contributed by atoms with Crippen molar-refractivity contribution in [2.24, 2.45) is 0 Å². The van der Waals surface area contributed by atoms with Crippen LogP contribution in [0, 0.1) is 6.92 Å². The highest BCUT2D eigenvalue weighted by Gasteiger charge is 2.31. The minimum absolute atomic E-state index is 0.202. The molecule has 0 radical (unpaired) electrons. The summed E-state index contributed by atoms with van der Waals surface area (Å²) >= 11 is 6.45. The van der Waals surface area contributed by atoms with E-state index in [0.717, 1.165) is 67.7 Å². The van der Waals surface area contributed by atoms with E-state index < -0.39 is 0 Å². The number of rotatable bonds is 4. The number of hydrogen-bond acceptors (Lipinski definition) is 5. The standard InChI is InChI=1S/C26H30ClN5O2/c1-16-18(19-6-2-7-20(28)25(19)27)5-3-8-21(16)29-26(34)22-15-24-23(9-4-12-32(24)30-22)31-13-10-17(33)11-14-31/h2-3,5-8,15,17,23,33H,4,9-14,28H2,1H3,(H,29,34). The first-order chi connectivity index (χ1) is 16.4. The molecular weight excluding hydrogens is 450 g/mol. The van der Waals surface area contributed by atoms with E-state index in [9.17, 15) is 9.90 Å². The second-order valence-electron chi connectivity index (χ2n) is 9.24. The van der Waals surface area contributed by atoms with E-state index in [-0.39, 0.29) is 18.1 Å². The number of carbonyl (C=O) groups excluding carboxylic acids is 1. The Morgan fingerprint density at radius 3 is 2.65 bits per heavy atom. The van der Waals surface area contributed by atoms with E-state index in [1.165, 1.54) is 0 Å². The predicted molar refractivity (Wildman–Crippen MR) is 135 cm³/mol. The van der Waals surface area contributed by atoms with Crippen LogP contribution >= 0.6 is 11.6 Å². The second kappa shape index (κ2) is 9.41. The molecular formula is C26H30ClN5O2. The number of aliphatic hydroxyl groups is 1. The number of aliphatic hydroxyl groups excluding tert-OH is 1. The van der Waals surface area contributed by atoms with Gasteiger partial charge in [-0.3, -0.25) is 14.4 Å². The normalized spacial score (nSPS) is 19.1. The van der Waals surface area contributed by atoms with E-state index in [2.05, 4.69) is 15.3 Å². The number of benzene rings is 2. The van der Waals surface area contributed by atoms with Gasteiger partial charge in [0.15, 0.2) is 5.69 Å². The van der Waals surface area contributed by atoms with Crippen molar-refractivity contribution in [2.45, 2.75) is 51.3 Å². The number of carbonyl (C=O) groups is 1.